The van der Waals surface area contributed by atoms with Gasteiger partial charge < -0.3 is 4.74 Å². The number of halogens is 1. The third-order valence-electron chi connectivity index (χ3n) is 2.80. The molecule has 1 nitrogen and oxygen atoms in total. The van der Waals surface area contributed by atoms with Crippen LogP contribution < -0.4 is 4.74 Å². The van der Waals surface area contributed by atoms with Gasteiger partial charge in [0, 0.05) is 5.56 Å². The van der Waals surface area contributed by atoms with Crippen molar-refractivity contribution in [1.82, 2.24) is 0 Å². The zero-order valence-electron chi connectivity index (χ0n) is 11.4. The molecule has 0 saturated heterocycles. The van der Waals surface area contributed by atoms with Gasteiger partial charge in [-0.1, -0.05) is 32.1 Å². The quantitative estimate of drug-likeness (QED) is 0.566. The highest BCUT2D eigenvalue weighted by molar-refractivity contribution is 6.19. The van der Waals surface area contributed by atoms with E-state index < -0.39 is 0 Å². The summed E-state index contributed by atoms with van der Waals surface area (Å²) in [4.78, 5) is 0. The number of ether oxygens (including phenoxy) is 1. The van der Waals surface area contributed by atoms with Crippen molar-refractivity contribution in [3.05, 3.63) is 29.3 Å². The summed E-state index contributed by atoms with van der Waals surface area (Å²) in [5.41, 5.74) is 2.15. The lowest BCUT2D eigenvalue weighted by molar-refractivity contribution is 0.251. The van der Waals surface area contributed by atoms with Crippen LogP contribution in [-0.4, -0.2) is 12.5 Å². The summed E-state index contributed by atoms with van der Waals surface area (Å²) >= 11 is 5.55. The highest BCUT2D eigenvalue weighted by Crippen LogP contribution is 2.18. The van der Waals surface area contributed by atoms with Crippen molar-refractivity contribution in [3.8, 4) is 17.6 Å². The van der Waals surface area contributed by atoms with E-state index in [4.69, 9.17) is 16.3 Å². The van der Waals surface area contributed by atoms with Gasteiger partial charge in [-0.25, -0.2) is 0 Å². The van der Waals surface area contributed by atoms with E-state index in [1.807, 2.05) is 25.1 Å². The first-order valence-electron chi connectivity index (χ1n) is 6.45. The number of hydrogen-bond donors (Lipinski definition) is 0. The van der Waals surface area contributed by atoms with E-state index in [-0.39, 0.29) is 0 Å². The Hall–Kier alpha value is -1.13. The molecule has 0 heterocycles. The molecule has 98 valence electrons. The van der Waals surface area contributed by atoms with Gasteiger partial charge in [-0.3, -0.25) is 0 Å². The average molecular weight is 265 g/mol. The van der Waals surface area contributed by atoms with E-state index in [2.05, 4.69) is 25.7 Å². The summed E-state index contributed by atoms with van der Waals surface area (Å²) in [6, 6.07) is 6.01. The van der Waals surface area contributed by atoms with Gasteiger partial charge >= 0.3 is 0 Å². The molecule has 2 heteroatoms. The van der Waals surface area contributed by atoms with Crippen LogP contribution in [0.1, 0.15) is 37.8 Å². The maximum atomic E-state index is 5.79. The second-order valence-electron chi connectivity index (χ2n) is 4.62. The third-order valence-corrected chi connectivity index (χ3v) is 2.94. The van der Waals surface area contributed by atoms with Crippen LogP contribution >= 0.6 is 11.6 Å². The standard InChI is InChI=1S/C16H21ClO/c1-4-6-13(2)12-18-16-9-8-15(7-5-10-17)14(3)11-16/h8-9,11,13H,4,6,10,12H2,1-3H3. The molecule has 0 aliphatic carbocycles. The van der Waals surface area contributed by atoms with Crippen LogP contribution in [0.4, 0.5) is 0 Å². The summed E-state index contributed by atoms with van der Waals surface area (Å²) in [5.74, 6) is 7.80. The first kappa shape index (κ1) is 14.9. The van der Waals surface area contributed by atoms with E-state index in [0.29, 0.717) is 11.8 Å². The number of aryl methyl sites for hydroxylation is 1. The Morgan fingerprint density at radius 3 is 2.78 bits per heavy atom. The van der Waals surface area contributed by atoms with Crippen LogP contribution in [0.25, 0.3) is 0 Å². The summed E-state index contributed by atoms with van der Waals surface area (Å²) < 4.78 is 5.79. The summed E-state index contributed by atoms with van der Waals surface area (Å²) in [5, 5.41) is 0. The molecule has 1 aromatic carbocycles. The minimum Gasteiger partial charge on any atom is -0.493 e. The first-order valence-corrected chi connectivity index (χ1v) is 6.99. The minimum atomic E-state index is 0.367. The predicted molar refractivity (Wildman–Crippen MR) is 78.3 cm³/mol. The SMILES string of the molecule is CCCC(C)COc1ccc(C#CCCl)c(C)c1. The Morgan fingerprint density at radius 2 is 2.17 bits per heavy atom. The molecule has 0 fully saturated rings. The Morgan fingerprint density at radius 1 is 1.39 bits per heavy atom. The van der Waals surface area contributed by atoms with Crippen molar-refractivity contribution in [2.24, 2.45) is 5.92 Å². The maximum Gasteiger partial charge on any atom is 0.119 e. The second kappa shape index (κ2) is 8.06. The fraction of sp³-hybridized carbons (Fsp3) is 0.500. The smallest absolute Gasteiger partial charge is 0.119 e. The number of benzene rings is 1. The van der Waals surface area contributed by atoms with Gasteiger partial charge in [0.15, 0.2) is 0 Å². The molecule has 1 aromatic rings. The summed E-state index contributed by atoms with van der Waals surface area (Å²) in [6.45, 7) is 7.24. The van der Waals surface area contributed by atoms with E-state index >= 15 is 0 Å². The normalized spacial score (nSPS) is 11.6. The Labute approximate surface area is 115 Å². The summed E-state index contributed by atoms with van der Waals surface area (Å²) in [7, 11) is 0. The highest BCUT2D eigenvalue weighted by atomic mass is 35.5. The molecule has 0 spiro atoms. The maximum absolute atomic E-state index is 5.79. The van der Waals surface area contributed by atoms with Crippen molar-refractivity contribution in [2.75, 3.05) is 12.5 Å². The fourth-order valence-electron chi connectivity index (χ4n) is 1.81. The van der Waals surface area contributed by atoms with Gasteiger partial charge in [-0.2, -0.15) is 0 Å². The van der Waals surface area contributed by atoms with Crippen LogP contribution in [0, 0.1) is 24.7 Å². The van der Waals surface area contributed by atoms with E-state index in [1.54, 1.807) is 0 Å². The average Bonchev–Trinajstić information content (AvgIpc) is 2.35. The van der Waals surface area contributed by atoms with E-state index in [9.17, 15) is 0 Å². The molecule has 1 atom stereocenters. The van der Waals surface area contributed by atoms with Gasteiger partial charge in [-0.15, -0.1) is 11.6 Å². The van der Waals surface area contributed by atoms with Crippen LogP contribution in [0.5, 0.6) is 5.75 Å². The minimum absolute atomic E-state index is 0.367. The lowest BCUT2D eigenvalue weighted by atomic mass is 10.1. The van der Waals surface area contributed by atoms with Crippen molar-refractivity contribution in [2.45, 2.75) is 33.6 Å². The van der Waals surface area contributed by atoms with Crippen LogP contribution in [-0.2, 0) is 0 Å². The molecule has 0 saturated carbocycles. The van der Waals surface area contributed by atoms with Crippen molar-refractivity contribution in [3.63, 3.8) is 0 Å². The molecule has 18 heavy (non-hydrogen) atoms. The predicted octanol–water partition coefficient (Wildman–Crippen LogP) is 4.40. The third kappa shape index (κ3) is 5.02. The van der Waals surface area contributed by atoms with Gasteiger partial charge in [0.25, 0.3) is 0 Å². The molecule has 0 bridgehead atoms. The Balaban J connectivity index is 2.61. The molecule has 0 N–H and O–H groups in total. The van der Waals surface area contributed by atoms with Crippen molar-refractivity contribution < 1.29 is 4.74 Å². The van der Waals surface area contributed by atoms with Crippen LogP contribution in [0.2, 0.25) is 0 Å². The van der Waals surface area contributed by atoms with E-state index in [1.165, 1.54) is 12.8 Å². The molecule has 0 aliphatic heterocycles. The fourth-order valence-corrected chi connectivity index (χ4v) is 1.88. The van der Waals surface area contributed by atoms with Gasteiger partial charge in [0.2, 0.25) is 0 Å². The lowest BCUT2D eigenvalue weighted by Crippen LogP contribution is -2.08. The molecule has 1 rings (SSSR count). The lowest BCUT2D eigenvalue weighted by Gasteiger charge is -2.12. The van der Waals surface area contributed by atoms with Crippen molar-refractivity contribution in [1.29, 1.82) is 0 Å². The molecular weight excluding hydrogens is 244 g/mol. The molecular formula is C16H21ClO. The largest absolute Gasteiger partial charge is 0.493 e. The molecule has 1 unspecified atom stereocenters. The molecule has 0 radical (unpaired) electrons. The zero-order chi connectivity index (χ0) is 13.4. The van der Waals surface area contributed by atoms with Gasteiger partial charge in [-0.05, 0) is 43.0 Å². The Kier molecular flexibility index (Phi) is 6.68. The Bertz CT molecular complexity index is 428. The molecule has 0 aliphatic rings. The monoisotopic (exact) mass is 264 g/mol. The van der Waals surface area contributed by atoms with E-state index in [0.717, 1.165) is 23.5 Å². The number of alkyl halides is 1. The van der Waals surface area contributed by atoms with Gasteiger partial charge in [0.1, 0.15) is 5.75 Å². The van der Waals surface area contributed by atoms with Crippen molar-refractivity contribution >= 4 is 11.6 Å². The highest BCUT2D eigenvalue weighted by Gasteiger charge is 2.03. The summed E-state index contributed by atoms with van der Waals surface area (Å²) in [6.07, 6.45) is 2.41. The zero-order valence-corrected chi connectivity index (χ0v) is 12.2. The molecule has 0 amide bonds. The number of rotatable bonds is 5. The van der Waals surface area contributed by atoms with Crippen LogP contribution in [0.15, 0.2) is 18.2 Å². The van der Waals surface area contributed by atoms with Crippen LogP contribution in [0.3, 0.4) is 0 Å². The number of hydrogen-bond acceptors (Lipinski definition) is 1. The molecule has 0 aromatic heterocycles. The topological polar surface area (TPSA) is 9.23 Å². The second-order valence-corrected chi connectivity index (χ2v) is 4.88. The van der Waals surface area contributed by atoms with Gasteiger partial charge in [0.05, 0.1) is 12.5 Å². The first-order chi connectivity index (χ1) is 8.67.